The fraction of sp³-hybridized carbons (Fsp3) is 0.222. The Bertz CT molecular complexity index is 650. The molecule has 0 saturated heterocycles. The van der Waals surface area contributed by atoms with Crippen molar-refractivity contribution in [3.05, 3.63) is 64.7 Å². The van der Waals surface area contributed by atoms with Gasteiger partial charge in [-0.3, -0.25) is 0 Å². The lowest BCUT2D eigenvalue weighted by Gasteiger charge is -2.37. The normalized spacial score (nSPS) is 20.8. The molecule has 1 N–H and O–H groups in total. The molecule has 0 aliphatic heterocycles. The van der Waals surface area contributed by atoms with Gasteiger partial charge in [-0.05, 0) is 48.6 Å². The molecule has 20 heavy (non-hydrogen) atoms. The molecule has 1 fully saturated rings. The monoisotopic (exact) mass is 281 g/mol. The molecule has 0 bridgehead atoms. The molecule has 2 aromatic carbocycles. The molecule has 1 aliphatic carbocycles. The second-order valence-electron chi connectivity index (χ2n) is 5.26. The van der Waals surface area contributed by atoms with Crippen LogP contribution in [-0.4, -0.2) is 6.04 Å². The van der Waals surface area contributed by atoms with E-state index < -0.39 is 0 Å². The van der Waals surface area contributed by atoms with Gasteiger partial charge in [-0.1, -0.05) is 41.8 Å². The van der Waals surface area contributed by atoms with E-state index in [0.717, 1.165) is 29.1 Å². The molecule has 0 aromatic heterocycles. The van der Waals surface area contributed by atoms with Gasteiger partial charge in [0, 0.05) is 22.3 Å². The molecule has 3 rings (SSSR count). The number of nitrogens with one attached hydrogen (secondary N) is 1. The highest BCUT2D eigenvalue weighted by Gasteiger charge is 2.31. The molecule has 100 valence electrons. The minimum Gasteiger partial charge on any atom is -0.382 e. The van der Waals surface area contributed by atoms with Gasteiger partial charge in [0.05, 0.1) is 0 Å². The molecule has 0 unspecified atom stereocenters. The smallest absolute Gasteiger partial charge is 0.0440 e. The Morgan fingerprint density at radius 3 is 2.65 bits per heavy atom. The van der Waals surface area contributed by atoms with E-state index in [1.54, 1.807) is 0 Å². The average molecular weight is 282 g/mol. The average Bonchev–Trinajstić information content (AvgIpc) is 2.44. The first-order chi connectivity index (χ1) is 9.76. The number of terminal acetylenes is 1. The zero-order valence-corrected chi connectivity index (χ0v) is 11.9. The second kappa shape index (κ2) is 5.61. The number of rotatable bonds is 3. The van der Waals surface area contributed by atoms with Crippen molar-refractivity contribution in [3.63, 3.8) is 0 Å². The first-order valence-electron chi connectivity index (χ1n) is 6.84. The summed E-state index contributed by atoms with van der Waals surface area (Å²) in [6, 6.07) is 16.6. The van der Waals surface area contributed by atoms with Crippen LogP contribution in [-0.2, 0) is 0 Å². The van der Waals surface area contributed by atoms with E-state index in [9.17, 15) is 0 Å². The Morgan fingerprint density at radius 1 is 1.10 bits per heavy atom. The van der Waals surface area contributed by atoms with Crippen LogP contribution in [0.4, 0.5) is 5.69 Å². The van der Waals surface area contributed by atoms with E-state index >= 15 is 0 Å². The molecular formula is C18H16ClN. The van der Waals surface area contributed by atoms with Crippen molar-refractivity contribution in [3.8, 4) is 12.3 Å². The van der Waals surface area contributed by atoms with Crippen LogP contribution in [0.25, 0.3) is 0 Å². The van der Waals surface area contributed by atoms with Crippen molar-refractivity contribution >= 4 is 17.3 Å². The van der Waals surface area contributed by atoms with Crippen LogP contribution in [0.15, 0.2) is 48.5 Å². The molecule has 0 radical (unpaired) electrons. The summed E-state index contributed by atoms with van der Waals surface area (Å²) in [7, 11) is 0. The Balaban J connectivity index is 1.61. The molecule has 0 atom stereocenters. The van der Waals surface area contributed by atoms with E-state index in [2.05, 4.69) is 29.4 Å². The van der Waals surface area contributed by atoms with Gasteiger partial charge >= 0.3 is 0 Å². The standard InChI is InChI=1S/C18H16ClN/c1-2-13-6-5-7-15(10-13)20-16-11-14(12-16)17-8-3-4-9-18(17)19/h1,3-10,14,16,20H,11-12H2. The van der Waals surface area contributed by atoms with Crippen LogP contribution < -0.4 is 5.32 Å². The maximum atomic E-state index is 6.24. The second-order valence-corrected chi connectivity index (χ2v) is 5.66. The summed E-state index contributed by atoms with van der Waals surface area (Å²) in [5.74, 6) is 3.23. The third-order valence-electron chi connectivity index (χ3n) is 3.88. The molecular weight excluding hydrogens is 266 g/mol. The van der Waals surface area contributed by atoms with E-state index in [1.807, 2.05) is 30.3 Å². The Morgan fingerprint density at radius 2 is 1.90 bits per heavy atom. The summed E-state index contributed by atoms with van der Waals surface area (Å²) in [6.07, 6.45) is 7.65. The largest absolute Gasteiger partial charge is 0.382 e. The number of hydrogen-bond acceptors (Lipinski definition) is 1. The lowest BCUT2D eigenvalue weighted by Crippen LogP contribution is -2.34. The van der Waals surface area contributed by atoms with Crippen molar-refractivity contribution in [2.75, 3.05) is 5.32 Å². The zero-order chi connectivity index (χ0) is 13.9. The van der Waals surface area contributed by atoms with Crippen molar-refractivity contribution in [1.29, 1.82) is 0 Å². The van der Waals surface area contributed by atoms with E-state index in [0.29, 0.717) is 12.0 Å². The third kappa shape index (κ3) is 2.66. The highest BCUT2D eigenvalue weighted by Crippen LogP contribution is 2.41. The van der Waals surface area contributed by atoms with E-state index in [-0.39, 0.29) is 0 Å². The molecule has 1 saturated carbocycles. The summed E-state index contributed by atoms with van der Waals surface area (Å²) < 4.78 is 0. The molecule has 0 spiro atoms. The summed E-state index contributed by atoms with van der Waals surface area (Å²) in [6.45, 7) is 0. The van der Waals surface area contributed by atoms with Gasteiger partial charge in [0.25, 0.3) is 0 Å². The lowest BCUT2D eigenvalue weighted by atomic mass is 9.76. The number of halogens is 1. The number of benzene rings is 2. The summed E-state index contributed by atoms with van der Waals surface area (Å²) in [5, 5.41) is 4.41. The number of hydrogen-bond donors (Lipinski definition) is 1. The molecule has 2 aromatic rings. The maximum absolute atomic E-state index is 6.24. The summed E-state index contributed by atoms with van der Waals surface area (Å²) in [4.78, 5) is 0. The lowest BCUT2D eigenvalue weighted by molar-refractivity contribution is 0.374. The predicted octanol–water partition coefficient (Wildman–Crippen LogP) is 4.68. The minimum atomic E-state index is 0.504. The number of anilines is 1. The van der Waals surface area contributed by atoms with Gasteiger partial charge in [-0.15, -0.1) is 6.42 Å². The maximum Gasteiger partial charge on any atom is 0.0440 e. The molecule has 2 heteroatoms. The SMILES string of the molecule is C#Cc1cccc(NC2CC(c3ccccc3Cl)C2)c1. The Labute approximate surface area is 125 Å². The van der Waals surface area contributed by atoms with Crippen LogP contribution in [0.5, 0.6) is 0 Å². The van der Waals surface area contributed by atoms with Gasteiger partial charge in [0.1, 0.15) is 0 Å². The predicted molar refractivity (Wildman–Crippen MR) is 85.2 cm³/mol. The molecule has 0 heterocycles. The van der Waals surface area contributed by atoms with Crippen molar-refractivity contribution < 1.29 is 0 Å². The van der Waals surface area contributed by atoms with Crippen LogP contribution in [0.3, 0.4) is 0 Å². The van der Waals surface area contributed by atoms with Crippen molar-refractivity contribution in [2.45, 2.75) is 24.8 Å². The highest BCUT2D eigenvalue weighted by atomic mass is 35.5. The topological polar surface area (TPSA) is 12.0 Å². The summed E-state index contributed by atoms with van der Waals surface area (Å²) >= 11 is 6.24. The van der Waals surface area contributed by atoms with E-state index in [1.165, 1.54) is 5.56 Å². The van der Waals surface area contributed by atoms with Gasteiger partial charge in [-0.2, -0.15) is 0 Å². The van der Waals surface area contributed by atoms with Crippen molar-refractivity contribution in [1.82, 2.24) is 0 Å². The minimum absolute atomic E-state index is 0.504. The van der Waals surface area contributed by atoms with Crippen LogP contribution >= 0.6 is 11.6 Å². The van der Waals surface area contributed by atoms with E-state index in [4.69, 9.17) is 18.0 Å². The Hall–Kier alpha value is -1.91. The fourth-order valence-corrected chi connectivity index (χ4v) is 3.02. The Kier molecular flexibility index (Phi) is 3.67. The molecule has 1 nitrogen and oxygen atoms in total. The fourth-order valence-electron chi connectivity index (χ4n) is 2.73. The first kappa shape index (κ1) is 13.1. The van der Waals surface area contributed by atoms with Gasteiger partial charge in [0.15, 0.2) is 0 Å². The van der Waals surface area contributed by atoms with Gasteiger partial charge in [0.2, 0.25) is 0 Å². The van der Waals surface area contributed by atoms with Gasteiger partial charge < -0.3 is 5.32 Å². The van der Waals surface area contributed by atoms with Crippen LogP contribution in [0, 0.1) is 12.3 Å². The van der Waals surface area contributed by atoms with Crippen molar-refractivity contribution in [2.24, 2.45) is 0 Å². The molecule has 1 aliphatic rings. The summed E-state index contributed by atoms with van der Waals surface area (Å²) in [5.41, 5.74) is 3.28. The van der Waals surface area contributed by atoms with Gasteiger partial charge in [-0.25, -0.2) is 0 Å². The quantitative estimate of drug-likeness (QED) is 0.806. The molecule has 0 amide bonds. The third-order valence-corrected chi connectivity index (χ3v) is 4.23. The zero-order valence-electron chi connectivity index (χ0n) is 11.1. The van der Waals surface area contributed by atoms with Crippen LogP contribution in [0.1, 0.15) is 29.9 Å². The first-order valence-corrected chi connectivity index (χ1v) is 7.21. The van der Waals surface area contributed by atoms with Crippen LogP contribution in [0.2, 0.25) is 5.02 Å². The highest BCUT2D eigenvalue weighted by molar-refractivity contribution is 6.31.